The van der Waals surface area contributed by atoms with Gasteiger partial charge in [-0.15, -0.1) is 0 Å². The monoisotopic (exact) mass is 1140 g/mol. The molecule has 0 amide bonds. The Bertz CT molecular complexity index is 5330. The number of benzene rings is 10. The van der Waals surface area contributed by atoms with Crippen molar-refractivity contribution in [3.05, 3.63) is 258 Å². The molecule has 0 atom stereocenters. The molecule has 0 aliphatic carbocycles. The molecule has 5 heteroatoms. The highest BCUT2D eigenvalue weighted by Gasteiger charge is 2.31. The molecule has 13 aromatic rings. The fourth-order valence-electron chi connectivity index (χ4n) is 12.7. The zero-order chi connectivity index (χ0) is 70.4. The summed E-state index contributed by atoms with van der Waals surface area (Å²) < 4.78 is 122. The molecule has 3 aromatic heterocycles. The van der Waals surface area contributed by atoms with Crippen molar-refractivity contribution in [3.63, 3.8) is 0 Å². The van der Waals surface area contributed by atoms with E-state index < -0.39 is 27.4 Å². The van der Waals surface area contributed by atoms with Gasteiger partial charge in [-0.1, -0.05) is 196 Å². The standard InChI is InChI=1S/C82H74N4O/c1-50-23-20-24-51(2)76(50)56-42-69-65-31-16-14-29-63(65)64-30-15-17-32-66(64)70-41-55(54-39-58(81(8,9)10)45-59(40-54)82(11,12)13)44-74-79(70)85(78(69)71(43-56)77-52(3)25-21-26-53(77)4)49-84(74)60-27-22-28-61(47-60)87-62-35-36-68-67-33-18-19-34-72(67)86(73(68)48-62)75-46-57(37-38-83-75)80(5,6)7/h14-48H,1-13H3/i1D3,2D3,3D3,4D3. The molecule has 10 aromatic carbocycles. The number of pyridine rings is 1. The smallest absolute Gasteiger partial charge is 0.269 e. The Morgan fingerprint density at radius 1 is 0.414 bits per heavy atom. The minimum atomic E-state index is -2.93. The topological polar surface area (TPSA) is 35.9 Å². The van der Waals surface area contributed by atoms with Gasteiger partial charge in [-0.2, -0.15) is 0 Å². The minimum Gasteiger partial charge on any atom is -0.458 e. The quantitative estimate of drug-likeness (QED) is 0.118. The predicted octanol–water partition coefficient (Wildman–Crippen LogP) is 21.4. The van der Waals surface area contributed by atoms with Gasteiger partial charge in [0.25, 0.3) is 6.33 Å². The lowest BCUT2D eigenvalue weighted by Crippen LogP contribution is -2.32. The van der Waals surface area contributed by atoms with Gasteiger partial charge in [-0.05, 0) is 216 Å². The van der Waals surface area contributed by atoms with Gasteiger partial charge in [0, 0.05) is 39.5 Å². The minimum absolute atomic E-state index is 0.0752. The molecule has 0 bridgehead atoms. The number of hydrogen-bond donors (Lipinski definition) is 0. The number of fused-ring (bicyclic) bond motifs is 10. The molecule has 428 valence electrons. The molecule has 4 heterocycles. The van der Waals surface area contributed by atoms with Crippen LogP contribution in [0.1, 0.15) is 118 Å². The third-order valence-electron chi connectivity index (χ3n) is 17.3. The van der Waals surface area contributed by atoms with Gasteiger partial charge < -0.3 is 4.74 Å². The van der Waals surface area contributed by atoms with Crippen LogP contribution in [0.5, 0.6) is 11.5 Å². The van der Waals surface area contributed by atoms with Crippen molar-refractivity contribution in [2.24, 2.45) is 0 Å². The molecule has 1 aliphatic heterocycles. The molecule has 0 spiro atoms. The lowest BCUT2D eigenvalue weighted by molar-refractivity contribution is -0.570. The molecule has 0 unspecified atom stereocenters. The summed E-state index contributed by atoms with van der Waals surface area (Å²) in [6, 6.07) is 65.0. The molecule has 1 aliphatic rings. The highest BCUT2D eigenvalue weighted by atomic mass is 16.5. The number of aromatic nitrogens is 4. The third-order valence-corrected chi connectivity index (χ3v) is 17.3. The Morgan fingerprint density at radius 2 is 0.954 bits per heavy atom. The van der Waals surface area contributed by atoms with Gasteiger partial charge in [0.1, 0.15) is 17.3 Å². The zero-order valence-electron chi connectivity index (χ0n) is 62.4. The number of ether oxygens (including phenoxy) is 1. The Kier molecular flexibility index (Phi) is 10.2. The first kappa shape index (κ1) is 43.1. The van der Waals surface area contributed by atoms with Gasteiger partial charge in [-0.25, -0.2) is 4.98 Å². The molecule has 0 saturated carbocycles. The number of imidazole rings is 1. The molecule has 0 fully saturated rings. The highest BCUT2D eigenvalue weighted by molar-refractivity contribution is 6.10. The van der Waals surface area contributed by atoms with E-state index in [4.69, 9.17) is 17.9 Å². The van der Waals surface area contributed by atoms with Crippen molar-refractivity contribution in [2.45, 2.75) is 106 Å². The van der Waals surface area contributed by atoms with Crippen LogP contribution in [0, 0.1) is 33.7 Å². The maximum atomic E-state index is 9.24. The molecule has 0 radical (unpaired) electrons. The molecule has 0 N–H and O–H groups in total. The number of aryl methyl sites for hydroxylation is 4. The Labute approximate surface area is 529 Å². The lowest BCUT2D eigenvalue weighted by Gasteiger charge is -2.26. The van der Waals surface area contributed by atoms with Crippen molar-refractivity contribution in [3.8, 4) is 95.5 Å². The summed E-state index contributed by atoms with van der Waals surface area (Å²) in [5.41, 5.74) is 11.6. The van der Waals surface area contributed by atoms with E-state index in [9.17, 15) is 8.22 Å². The molecule has 14 rings (SSSR count). The molecule has 0 saturated heterocycles. The SMILES string of the molecule is [2H]C([2H])([2H])c1cccc(C([2H])([2H])[2H])c1-c1cc2c(c(-c3c(C([2H])([2H])[2H])cccc3C([2H])([2H])[2H])c1)-[n+]1[c-]n(-c3cccc(Oc4ccc5c6ccccc6n(-c6cc(C(C)(C)C)ccn6)c5c4)c3)c3cc(-c4cc(C(C)(C)C)cc(C(C)(C)C)c4)cc(c31)-c1ccccc1-c1ccccc1-2. The fraction of sp³-hybridized carbons (Fsp3) is 0.195. The van der Waals surface area contributed by atoms with E-state index in [2.05, 4.69) is 146 Å². The first-order valence-electron chi connectivity index (χ1n) is 35.7. The van der Waals surface area contributed by atoms with E-state index in [1.165, 1.54) is 36.4 Å². The molecule has 87 heavy (non-hydrogen) atoms. The predicted molar refractivity (Wildman–Crippen MR) is 364 cm³/mol. The summed E-state index contributed by atoms with van der Waals surface area (Å²) in [6.07, 6.45) is 5.70. The average molecular weight is 1140 g/mol. The first-order chi connectivity index (χ1) is 46.5. The Morgan fingerprint density at radius 3 is 1.60 bits per heavy atom. The van der Waals surface area contributed by atoms with Crippen LogP contribution in [0.3, 0.4) is 0 Å². The van der Waals surface area contributed by atoms with E-state index in [-0.39, 0.29) is 60.8 Å². The fourth-order valence-corrected chi connectivity index (χ4v) is 12.7. The summed E-state index contributed by atoms with van der Waals surface area (Å²) in [7, 11) is 0. The number of nitrogens with zero attached hydrogens (tertiary/aromatic N) is 4. The van der Waals surface area contributed by atoms with E-state index in [0.717, 1.165) is 77.7 Å². The Hall–Kier alpha value is -9.58. The number of hydrogen-bond acceptors (Lipinski definition) is 2. The highest BCUT2D eigenvalue weighted by Crippen LogP contribution is 2.49. The summed E-state index contributed by atoms with van der Waals surface area (Å²) in [6.45, 7) is 8.24. The third kappa shape index (κ3) is 9.56. The van der Waals surface area contributed by atoms with Crippen LogP contribution in [-0.2, 0) is 16.2 Å². The van der Waals surface area contributed by atoms with Gasteiger partial charge in [0.15, 0.2) is 0 Å². The molecule has 5 nitrogen and oxygen atoms in total. The van der Waals surface area contributed by atoms with Crippen LogP contribution in [-0.4, -0.2) is 14.1 Å². The van der Waals surface area contributed by atoms with Crippen LogP contribution in [0.25, 0.3) is 117 Å². The first-order valence-corrected chi connectivity index (χ1v) is 29.7. The van der Waals surface area contributed by atoms with Crippen molar-refractivity contribution in [1.29, 1.82) is 0 Å². The number of rotatable bonds is 7. The van der Waals surface area contributed by atoms with Crippen molar-refractivity contribution in [1.82, 2.24) is 14.1 Å². The van der Waals surface area contributed by atoms with Gasteiger partial charge >= 0.3 is 0 Å². The van der Waals surface area contributed by atoms with E-state index in [1.54, 1.807) is 12.1 Å². The van der Waals surface area contributed by atoms with Crippen LogP contribution < -0.4 is 9.30 Å². The van der Waals surface area contributed by atoms with Crippen LogP contribution in [0.2, 0.25) is 0 Å². The van der Waals surface area contributed by atoms with E-state index >= 15 is 0 Å². The van der Waals surface area contributed by atoms with Crippen molar-refractivity contribution < 1.29 is 25.8 Å². The van der Waals surface area contributed by atoms with E-state index in [0.29, 0.717) is 45.0 Å². The summed E-state index contributed by atoms with van der Waals surface area (Å²) >= 11 is 0. The van der Waals surface area contributed by atoms with Crippen LogP contribution >= 0.6 is 0 Å². The molecular formula is C82H74N4O. The second kappa shape index (κ2) is 20.6. The summed E-state index contributed by atoms with van der Waals surface area (Å²) in [5, 5.41) is 2.09. The normalized spacial score (nSPS) is 15.0. The largest absolute Gasteiger partial charge is 0.458 e. The van der Waals surface area contributed by atoms with Crippen molar-refractivity contribution in [2.75, 3.05) is 0 Å². The van der Waals surface area contributed by atoms with Crippen LogP contribution in [0.4, 0.5) is 0 Å². The van der Waals surface area contributed by atoms with Gasteiger partial charge in [-0.3, -0.25) is 13.7 Å². The van der Waals surface area contributed by atoms with Gasteiger partial charge in [0.05, 0.1) is 33.4 Å². The van der Waals surface area contributed by atoms with E-state index in [1.807, 2.05) is 100 Å². The van der Waals surface area contributed by atoms with Gasteiger partial charge in [0.2, 0.25) is 0 Å². The molecular weight excluding hydrogens is 1060 g/mol. The summed E-state index contributed by atoms with van der Waals surface area (Å²) in [5.74, 6) is 1.83. The Balaban J connectivity index is 1.12. The maximum Gasteiger partial charge on any atom is 0.269 e. The second-order valence-corrected chi connectivity index (χ2v) is 26.2. The summed E-state index contributed by atoms with van der Waals surface area (Å²) in [4.78, 5) is 4.93. The van der Waals surface area contributed by atoms with Crippen LogP contribution in [0.15, 0.2) is 212 Å². The lowest BCUT2D eigenvalue weighted by atomic mass is 9.78. The second-order valence-electron chi connectivity index (χ2n) is 26.2. The van der Waals surface area contributed by atoms with Crippen molar-refractivity contribution >= 4 is 32.8 Å². The zero-order valence-corrected chi connectivity index (χ0v) is 50.4. The maximum absolute atomic E-state index is 9.24. The average Bonchev–Trinajstić information content (AvgIpc) is 1.62. The number of para-hydroxylation sites is 1.